The molecular weight excluding hydrogens is 260 g/mol. The summed E-state index contributed by atoms with van der Waals surface area (Å²) in [4.78, 5) is 15.1. The zero-order valence-corrected chi connectivity index (χ0v) is 13.7. The van der Waals surface area contributed by atoms with Gasteiger partial charge in [-0.2, -0.15) is 5.26 Å². The van der Waals surface area contributed by atoms with Crippen LogP contribution in [0.3, 0.4) is 0 Å². The number of nitriles is 1. The highest BCUT2D eigenvalue weighted by Crippen LogP contribution is 2.69. The Kier molecular flexibility index (Phi) is 3.35. The molecule has 4 rings (SSSR count). The van der Waals surface area contributed by atoms with Crippen molar-refractivity contribution in [2.45, 2.75) is 65.7 Å². The van der Waals surface area contributed by atoms with Gasteiger partial charge in [0.1, 0.15) is 6.54 Å². The second kappa shape index (κ2) is 4.73. The van der Waals surface area contributed by atoms with E-state index in [-0.39, 0.29) is 17.9 Å². The molecule has 21 heavy (non-hydrogen) atoms. The number of amides is 1. The van der Waals surface area contributed by atoms with Gasteiger partial charge in [-0.1, -0.05) is 20.8 Å². The topological polar surface area (TPSA) is 44.1 Å². The van der Waals surface area contributed by atoms with E-state index in [1.165, 1.54) is 19.3 Å². The van der Waals surface area contributed by atoms with Crippen LogP contribution in [0.25, 0.3) is 0 Å². The van der Waals surface area contributed by atoms with Gasteiger partial charge in [0, 0.05) is 6.54 Å². The molecule has 3 heteroatoms. The highest BCUT2D eigenvalue weighted by atomic mass is 16.2. The van der Waals surface area contributed by atoms with E-state index in [0.717, 1.165) is 38.1 Å². The van der Waals surface area contributed by atoms with Crippen molar-refractivity contribution >= 4 is 5.91 Å². The van der Waals surface area contributed by atoms with Crippen LogP contribution in [0.5, 0.6) is 0 Å². The molecule has 4 fully saturated rings. The van der Waals surface area contributed by atoms with Crippen molar-refractivity contribution in [3.8, 4) is 6.07 Å². The van der Waals surface area contributed by atoms with E-state index in [1.54, 1.807) is 0 Å². The molecule has 0 N–H and O–H groups in total. The Bertz CT molecular complexity index is 474. The van der Waals surface area contributed by atoms with Gasteiger partial charge in [-0.25, -0.2) is 0 Å². The van der Waals surface area contributed by atoms with E-state index in [1.807, 2.05) is 4.90 Å². The number of nitrogens with zero attached hydrogens (tertiary/aromatic N) is 2. The van der Waals surface area contributed by atoms with Gasteiger partial charge in [0.05, 0.1) is 11.5 Å². The lowest BCUT2D eigenvalue weighted by atomic mass is 9.40. The average Bonchev–Trinajstić information content (AvgIpc) is 2.33. The van der Waals surface area contributed by atoms with Crippen LogP contribution in [0, 0.1) is 33.5 Å². The summed E-state index contributed by atoms with van der Waals surface area (Å²) in [5, 5.41) is 9.05. The molecule has 0 aromatic rings. The van der Waals surface area contributed by atoms with Gasteiger partial charge >= 0.3 is 0 Å². The van der Waals surface area contributed by atoms with E-state index in [4.69, 9.17) is 5.26 Å². The largest absolute Gasteiger partial charge is 0.329 e. The highest BCUT2D eigenvalue weighted by molar-refractivity contribution is 5.83. The predicted octanol–water partition coefficient (Wildman–Crippen LogP) is 3.75. The number of hydrogen-bond donors (Lipinski definition) is 0. The van der Waals surface area contributed by atoms with Crippen molar-refractivity contribution in [1.29, 1.82) is 5.26 Å². The minimum absolute atomic E-state index is 0.158. The van der Waals surface area contributed by atoms with Crippen LogP contribution in [0.15, 0.2) is 0 Å². The number of carbonyl (C=O) groups excluding carboxylic acids is 1. The van der Waals surface area contributed by atoms with Gasteiger partial charge in [0.2, 0.25) is 5.91 Å². The second-order valence-corrected chi connectivity index (χ2v) is 8.80. The molecule has 4 bridgehead atoms. The smallest absolute Gasteiger partial charge is 0.229 e. The molecule has 116 valence electrons. The first-order chi connectivity index (χ1) is 9.84. The Balaban J connectivity index is 1.90. The maximum absolute atomic E-state index is 13.2. The molecule has 2 unspecified atom stereocenters. The molecule has 0 aliphatic heterocycles. The summed E-state index contributed by atoms with van der Waals surface area (Å²) in [6.45, 7) is 7.86. The molecule has 1 amide bonds. The Hall–Kier alpha value is -1.04. The molecule has 0 heterocycles. The van der Waals surface area contributed by atoms with Gasteiger partial charge in [-0.05, 0) is 61.7 Å². The third kappa shape index (κ3) is 2.37. The fourth-order valence-corrected chi connectivity index (χ4v) is 6.63. The number of hydrogen-bond acceptors (Lipinski definition) is 2. The van der Waals surface area contributed by atoms with Crippen LogP contribution in [0.1, 0.15) is 65.7 Å². The first-order valence-electron chi connectivity index (χ1n) is 8.50. The Morgan fingerprint density at radius 3 is 2.29 bits per heavy atom. The molecule has 2 atom stereocenters. The fraction of sp³-hybridized carbons (Fsp3) is 0.889. The Morgan fingerprint density at radius 1 is 1.19 bits per heavy atom. The first kappa shape index (κ1) is 14.9. The van der Waals surface area contributed by atoms with E-state index in [9.17, 15) is 4.79 Å². The van der Waals surface area contributed by atoms with Gasteiger partial charge in [-0.3, -0.25) is 4.79 Å². The fourth-order valence-electron chi connectivity index (χ4n) is 6.63. The molecule has 4 aliphatic rings. The minimum Gasteiger partial charge on any atom is -0.329 e. The van der Waals surface area contributed by atoms with Gasteiger partial charge < -0.3 is 4.90 Å². The number of rotatable bonds is 4. The van der Waals surface area contributed by atoms with Crippen LogP contribution < -0.4 is 0 Å². The van der Waals surface area contributed by atoms with Gasteiger partial charge in [-0.15, -0.1) is 0 Å². The van der Waals surface area contributed by atoms with E-state index < -0.39 is 0 Å². The summed E-state index contributed by atoms with van der Waals surface area (Å²) in [7, 11) is 0. The van der Waals surface area contributed by atoms with Crippen molar-refractivity contribution in [2.75, 3.05) is 13.1 Å². The van der Waals surface area contributed by atoms with Crippen molar-refractivity contribution in [2.24, 2.45) is 22.2 Å². The molecule has 0 aromatic heterocycles. The van der Waals surface area contributed by atoms with E-state index >= 15 is 0 Å². The normalized spacial score (nSPS) is 43.6. The van der Waals surface area contributed by atoms with Crippen LogP contribution in [-0.4, -0.2) is 23.9 Å². The SMILES string of the molecule is CCCN(CC#N)C(=O)C12CC3CC(C)(CC(C)(C3)C1)C2. The lowest BCUT2D eigenvalue weighted by molar-refractivity contribution is -0.179. The third-order valence-electron chi connectivity index (χ3n) is 6.12. The molecule has 0 spiro atoms. The summed E-state index contributed by atoms with van der Waals surface area (Å²) in [5.74, 6) is 1.01. The average molecular weight is 288 g/mol. The van der Waals surface area contributed by atoms with Crippen LogP contribution in [0.4, 0.5) is 0 Å². The molecule has 3 nitrogen and oxygen atoms in total. The summed E-state index contributed by atoms with van der Waals surface area (Å²) in [5.41, 5.74) is 0.553. The Morgan fingerprint density at radius 2 is 1.81 bits per heavy atom. The van der Waals surface area contributed by atoms with Crippen LogP contribution in [0.2, 0.25) is 0 Å². The zero-order chi connectivity index (χ0) is 15.3. The zero-order valence-electron chi connectivity index (χ0n) is 13.7. The predicted molar refractivity (Wildman–Crippen MR) is 82.3 cm³/mol. The van der Waals surface area contributed by atoms with Crippen LogP contribution in [-0.2, 0) is 4.79 Å². The lowest BCUT2D eigenvalue weighted by Gasteiger charge is -2.65. The van der Waals surface area contributed by atoms with Crippen molar-refractivity contribution < 1.29 is 4.79 Å². The van der Waals surface area contributed by atoms with E-state index in [2.05, 4.69) is 26.8 Å². The maximum atomic E-state index is 13.2. The van der Waals surface area contributed by atoms with Crippen molar-refractivity contribution in [1.82, 2.24) is 4.90 Å². The van der Waals surface area contributed by atoms with Gasteiger partial charge in [0.25, 0.3) is 0 Å². The molecule has 4 aliphatic carbocycles. The van der Waals surface area contributed by atoms with Crippen molar-refractivity contribution in [3.05, 3.63) is 0 Å². The monoisotopic (exact) mass is 288 g/mol. The molecule has 4 saturated carbocycles. The molecule has 0 radical (unpaired) electrons. The standard InChI is InChI=1S/C18H28N2O/c1-4-6-20(7-5-19)15(21)18-10-14-8-16(2,12-18)11-17(3,9-14)13-18/h14H,4,6-13H2,1-3H3. The summed E-state index contributed by atoms with van der Waals surface area (Å²) in [6.07, 6.45) is 8.02. The van der Waals surface area contributed by atoms with Crippen LogP contribution >= 0.6 is 0 Å². The quantitative estimate of drug-likeness (QED) is 0.740. The summed E-state index contributed by atoms with van der Waals surface area (Å²) in [6, 6.07) is 2.19. The van der Waals surface area contributed by atoms with E-state index in [0.29, 0.717) is 10.8 Å². The maximum Gasteiger partial charge on any atom is 0.229 e. The Labute approximate surface area is 128 Å². The molecule has 0 aromatic carbocycles. The number of carbonyl (C=O) groups is 1. The van der Waals surface area contributed by atoms with Gasteiger partial charge in [0.15, 0.2) is 0 Å². The summed E-state index contributed by atoms with van der Waals surface area (Å²) < 4.78 is 0. The van der Waals surface area contributed by atoms with Crippen molar-refractivity contribution in [3.63, 3.8) is 0 Å². The lowest BCUT2D eigenvalue weighted by Crippen LogP contribution is -2.60. The minimum atomic E-state index is -0.158. The molecule has 0 saturated heterocycles. The second-order valence-electron chi connectivity index (χ2n) is 8.80. The molecular formula is C18H28N2O. The third-order valence-corrected chi connectivity index (χ3v) is 6.12. The first-order valence-corrected chi connectivity index (χ1v) is 8.50. The summed E-state index contributed by atoms with van der Waals surface area (Å²) >= 11 is 0. The highest BCUT2D eigenvalue weighted by Gasteiger charge is 2.63.